The van der Waals surface area contributed by atoms with Gasteiger partial charge in [-0.05, 0) is 6.42 Å². The molecule has 1 N–H and O–H groups in total. The Bertz CT molecular complexity index is 246. The number of carbonyl (C=O) groups is 1. The molecule has 1 aromatic heterocycles. The van der Waals surface area contributed by atoms with E-state index >= 15 is 0 Å². The van der Waals surface area contributed by atoms with Crippen molar-refractivity contribution in [2.24, 2.45) is 0 Å². The molecule has 0 unspecified atom stereocenters. The predicted octanol–water partition coefficient (Wildman–Crippen LogP) is 0.374. The molecule has 0 saturated carbocycles. The Morgan fingerprint density at radius 3 is 3.08 bits per heavy atom. The summed E-state index contributed by atoms with van der Waals surface area (Å²) < 4.78 is 6.78. The molecule has 0 fully saturated rings. The lowest BCUT2D eigenvalue weighted by Crippen LogP contribution is -2.09. The van der Waals surface area contributed by atoms with Gasteiger partial charge in [-0.2, -0.15) is 0 Å². The number of aromatic nitrogens is 2. The van der Waals surface area contributed by atoms with Crippen LogP contribution in [0.1, 0.15) is 6.42 Å². The number of hydrogen-bond donors (Lipinski definition) is 1. The number of imidazole rings is 1. The van der Waals surface area contributed by atoms with Gasteiger partial charge in [0.05, 0.1) is 6.33 Å². The molecule has 0 amide bonds. The van der Waals surface area contributed by atoms with Gasteiger partial charge in [-0.15, -0.1) is 0 Å². The fraction of sp³-hybridized carbons (Fsp3) is 0.500. The van der Waals surface area contributed by atoms with Gasteiger partial charge in [0.15, 0.2) is 0 Å². The standard InChI is InChI=1S/C8H12N2O3/c11-8(12)6-13-5-1-3-10-4-2-9-7-10/h2,4,7H,1,3,5-6H2,(H,11,12). The van der Waals surface area contributed by atoms with Crippen molar-refractivity contribution in [2.45, 2.75) is 13.0 Å². The van der Waals surface area contributed by atoms with Crippen LogP contribution in [-0.2, 0) is 16.1 Å². The molecular formula is C8H12N2O3. The summed E-state index contributed by atoms with van der Waals surface area (Å²) in [5.41, 5.74) is 0. The van der Waals surface area contributed by atoms with E-state index in [-0.39, 0.29) is 6.61 Å². The van der Waals surface area contributed by atoms with Gasteiger partial charge in [-0.3, -0.25) is 0 Å². The summed E-state index contributed by atoms with van der Waals surface area (Å²) in [6, 6.07) is 0. The van der Waals surface area contributed by atoms with E-state index in [1.165, 1.54) is 0 Å². The van der Waals surface area contributed by atoms with Crippen LogP contribution in [0.2, 0.25) is 0 Å². The number of hydrogen-bond acceptors (Lipinski definition) is 3. The minimum absolute atomic E-state index is 0.218. The molecule has 1 heterocycles. The van der Waals surface area contributed by atoms with E-state index in [0.717, 1.165) is 13.0 Å². The highest BCUT2D eigenvalue weighted by molar-refractivity contribution is 5.67. The average molecular weight is 184 g/mol. The van der Waals surface area contributed by atoms with Crippen LogP contribution in [0.3, 0.4) is 0 Å². The number of nitrogens with zero attached hydrogens (tertiary/aromatic N) is 2. The summed E-state index contributed by atoms with van der Waals surface area (Å²) in [6.45, 7) is 1.05. The fourth-order valence-electron chi connectivity index (χ4n) is 0.928. The SMILES string of the molecule is O=C(O)COCCCn1ccnc1. The first-order valence-corrected chi connectivity index (χ1v) is 4.04. The first kappa shape index (κ1) is 9.73. The summed E-state index contributed by atoms with van der Waals surface area (Å²) >= 11 is 0. The maximum Gasteiger partial charge on any atom is 0.329 e. The highest BCUT2D eigenvalue weighted by Gasteiger charge is 1.95. The number of aliphatic carboxylic acids is 1. The highest BCUT2D eigenvalue weighted by Crippen LogP contribution is 1.90. The third-order valence-corrected chi connectivity index (χ3v) is 1.49. The molecule has 1 aromatic rings. The van der Waals surface area contributed by atoms with E-state index in [2.05, 4.69) is 4.98 Å². The smallest absolute Gasteiger partial charge is 0.329 e. The van der Waals surface area contributed by atoms with Crippen LogP contribution >= 0.6 is 0 Å². The van der Waals surface area contributed by atoms with Crippen molar-refractivity contribution in [1.29, 1.82) is 0 Å². The summed E-state index contributed by atoms with van der Waals surface area (Å²) in [6.07, 6.45) is 6.08. The molecule has 0 aliphatic heterocycles. The van der Waals surface area contributed by atoms with Gasteiger partial charge in [0, 0.05) is 25.5 Å². The topological polar surface area (TPSA) is 64.3 Å². The van der Waals surface area contributed by atoms with Crippen LogP contribution in [0.15, 0.2) is 18.7 Å². The number of rotatable bonds is 6. The molecular weight excluding hydrogens is 172 g/mol. The Balaban J connectivity index is 1.99. The summed E-state index contributed by atoms with van der Waals surface area (Å²) in [5.74, 6) is -0.928. The van der Waals surface area contributed by atoms with Crippen LogP contribution in [0.4, 0.5) is 0 Å². The van der Waals surface area contributed by atoms with E-state index in [1.807, 2.05) is 10.8 Å². The third kappa shape index (κ3) is 4.27. The normalized spacial score (nSPS) is 10.2. The molecule has 0 aliphatic carbocycles. The number of ether oxygens (including phenoxy) is 1. The number of carboxylic acid groups (broad SMARTS) is 1. The highest BCUT2D eigenvalue weighted by atomic mass is 16.5. The molecule has 1 rings (SSSR count). The van der Waals surface area contributed by atoms with Crippen LogP contribution in [0.5, 0.6) is 0 Å². The lowest BCUT2D eigenvalue weighted by Gasteiger charge is -2.01. The zero-order valence-corrected chi connectivity index (χ0v) is 7.22. The van der Waals surface area contributed by atoms with E-state index < -0.39 is 5.97 Å². The second-order valence-electron chi connectivity index (χ2n) is 2.60. The molecule has 0 spiro atoms. The Morgan fingerprint density at radius 2 is 2.46 bits per heavy atom. The molecule has 0 aromatic carbocycles. The number of carboxylic acids is 1. The molecule has 0 saturated heterocycles. The van der Waals surface area contributed by atoms with Crippen molar-refractivity contribution in [2.75, 3.05) is 13.2 Å². The number of aryl methyl sites for hydroxylation is 1. The molecule has 72 valence electrons. The minimum atomic E-state index is -0.928. The van der Waals surface area contributed by atoms with Crippen LogP contribution in [0.25, 0.3) is 0 Å². The Kier molecular flexibility index (Phi) is 3.98. The maximum absolute atomic E-state index is 10.1. The monoisotopic (exact) mass is 184 g/mol. The van der Waals surface area contributed by atoms with E-state index in [0.29, 0.717) is 6.61 Å². The lowest BCUT2D eigenvalue weighted by atomic mass is 10.4. The molecule has 5 nitrogen and oxygen atoms in total. The van der Waals surface area contributed by atoms with Gasteiger partial charge in [-0.1, -0.05) is 0 Å². The molecule has 13 heavy (non-hydrogen) atoms. The van der Waals surface area contributed by atoms with Crippen LogP contribution < -0.4 is 0 Å². The van der Waals surface area contributed by atoms with Gasteiger partial charge in [0.25, 0.3) is 0 Å². The van der Waals surface area contributed by atoms with E-state index in [9.17, 15) is 4.79 Å². The van der Waals surface area contributed by atoms with Crippen molar-refractivity contribution in [3.63, 3.8) is 0 Å². The van der Waals surface area contributed by atoms with Gasteiger partial charge < -0.3 is 14.4 Å². The van der Waals surface area contributed by atoms with Crippen molar-refractivity contribution in [1.82, 2.24) is 9.55 Å². The second-order valence-corrected chi connectivity index (χ2v) is 2.60. The molecule has 0 aliphatic rings. The van der Waals surface area contributed by atoms with Crippen molar-refractivity contribution < 1.29 is 14.6 Å². The first-order chi connectivity index (χ1) is 6.29. The molecule has 0 bridgehead atoms. The Labute approximate surface area is 76.0 Å². The van der Waals surface area contributed by atoms with E-state index in [4.69, 9.17) is 9.84 Å². The molecule has 0 radical (unpaired) electrons. The van der Waals surface area contributed by atoms with Gasteiger partial charge in [-0.25, -0.2) is 9.78 Å². The summed E-state index contributed by atoms with van der Waals surface area (Å²) in [5, 5.41) is 8.26. The van der Waals surface area contributed by atoms with Gasteiger partial charge in [0.2, 0.25) is 0 Å². The third-order valence-electron chi connectivity index (χ3n) is 1.49. The predicted molar refractivity (Wildman–Crippen MR) is 45.3 cm³/mol. The molecule has 5 heteroatoms. The minimum Gasteiger partial charge on any atom is -0.480 e. The fourth-order valence-corrected chi connectivity index (χ4v) is 0.928. The van der Waals surface area contributed by atoms with E-state index in [1.54, 1.807) is 12.5 Å². The largest absolute Gasteiger partial charge is 0.480 e. The lowest BCUT2D eigenvalue weighted by molar-refractivity contribution is -0.142. The summed E-state index contributed by atoms with van der Waals surface area (Å²) in [7, 11) is 0. The van der Waals surface area contributed by atoms with Gasteiger partial charge >= 0.3 is 5.97 Å². The maximum atomic E-state index is 10.1. The Morgan fingerprint density at radius 1 is 1.62 bits per heavy atom. The zero-order valence-electron chi connectivity index (χ0n) is 7.22. The van der Waals surface area contributed by atoms with Crippen LogP contribution in [0, 0.1) is 0 Å². The summed E-state index contributed by atoms with van der Waals surface area (Å²) in [4.78, 5) is 13.9. The second kappa shape index (κ2) is 5.31. The van der Waals surface area contributed by atoms with Gasteiger partial charge in [0.1, 0.15) is 6.61 Å². The van der Waals surface area contributed by atoms with Crippen molar-refractivity contribution in [3.8, 4) is 0 Å². The van der Waals surface area contributed by atoms with Crippen molar-refractivity contribution >= 4 is 5.97 Å². The van der Waals surface area contributed by atoms with Crippen LogP contribution in [-0.4, -0.2) is 33.8 Å². The van der Waals surface area contributed by atoms with Crippen molar-refractivity contribution in [3.05, 3.63) is 18.7 Å². The quantitative estimate of drug-likeness (QED) is 0.649. The first-order valence-electron chi connectivity index (χ1n) is 4.04. The average Bonchev–Trinajstić information content (AvgIpc) is 2.55. The zero-order chi connectivity index (χ0) is 9.52. The Hall–Kier alpha value is -1.36. The molecule has 0 atom stereocenters.